The Morgan fingerprint density at radius 2 is 2.33 bits per heavy atom. The molecule has 2 nitrogen and oxygen atoms in total. The molecule has 0 aliphatic carbocycles. The average molecular weight is 166 g/mol. The maximum absolute atomic E-state index is 13.5. The van der Waals surface area contributed by atoms with Gasteiger partial charge in [-0.15, -0.1) is 0 Å². The zero-order valence-corrected chi connectivity index (χ0v) is 6.76. The van der Waals surface area contributed by atoms with Crippen molar-refractivity contribution in [2.24, 2.45) is 0 Å². The van der Waals surface area contributed by atoms with Crippen molar-refractivity contribution in [3.05, 3.63) is 30.1 Å². The van der Waals surface area contributed by atoms with E-state index < -0.39 is 5.67 Å². The van der Waals surface area contributed by atoms with Crippen LogP contribution in [0, 0.1) is 0 Å². The van der Waals surface area contributed by atoms with E-state index in [0.717, 1.165) is 5.69 Å². The summed E-state index contributed by atoms with van der Waals surface area (Å²) < 4.78 is 13.5. The van der Waals surface area contributed by atoms with E-state index in [4.69, 9.17) is 0 Å². The molecule has 0 bridgehead atoms. The Morgan fingerprint density at radius 1 is 1.50 bits per heavy atom. The molecule has 1 saturated heterocycles. The number of rotatable bonds is 2. The van der Waals surface area contributed by atoms with E-state index in [-0.39, 0.29) is 0 Å². The predicted octanol–water partition coefficient (Wildman–Crippen LogP) is 0.936. The number of hydrogen-bond donors (Lipinski definition) is 1. The van der Waals surface area contributed by atoms with Gasteiger partial charge in [-0.3, -0.25) is 4.98 Å². The molecule has 0 unspecified atom stereocenters. The summed E-state index contributed by atoms with van der Waals surface area (Å²) in [6, 6.07) is 5.59. The highest BCUT2D eigenvalue weighted by Gasteiger charge is 2.37. The van der Waals surface area contributed by atoms with Gasteiger partial charge in [0.05, 0.1) is 0 Å². The molecule has 2 heterocycles. The summed E-state index contributed by atoms with van der Waals surface area (Å²) in [6.45, 7) is 0.924. The molecule has 1 fully saturated rings. The normalized spacial score (nSPS) is 20.1. The molecule has 64 valence electrons. The third kappa shape index (κ3) is 1.46. The first-order valence-corrected chi connectivity index (χ1v) is 4.08. The minimum absolute atomic E-state index is 0.431. The summed E-state index contributed by atoms with van der Waals surface area (Å²) in [5, 5.41) is 2.92. The van der Waals surface area contributed by atoms with Crippen LogP contribution in [0.3, 0.4) is 0 Å². The Balaban J connectivity index is 2.04. The summed E-state index contributed by atoms with van der Waals surface area (Å²) >= 11 is 0. The Kier molecular flexibility index (Phi) is 1.81. The molecule has 0 aromatic carbocycles. The van der Waals surface area contributed by atoms with E-state index in [0.29, 0.717) is 19.5 Å². The Labute approximate surface area is 70.8 Å². The van der Waals surface area contributed by atoms with Crippen LogP contribution in [0.4, 0.5) is 4.39 Å². The van der Waals surface area contributed by atoms with Gasteiger partial charge in [0.15, 0.2) is 0 Å². The van der Waals surface area contributed by atoms with Crippen molar-refractivity contribution >= 4 is 0 Å². The van der Waals surface area contributed by atoms with Gasteiger partial charge in [-0.2, -0.15) is 0 Å². The smallest absolute Gasteiger partial charge is 0.141 e. The summed E-state index contributed by atoms with van der Waals surface area (Å²) in [4.78, 5) is 4.08. The topological polar surface area (TPSA) is 24.9 Å². The summed E-state index contributed by atoms with van der Waals surface area (Å²) in [7, 11) is 0. The van der Waals surface area contributed by atoms with Crippen molar-refractivity contribution in [1.29, 1.82) is 0 Å². The minimum atomic E-state index is -1.05. The standard InChI is InChI=1S/C9H11FN2/c10-9(6-11-7-9)5-8-3-1-2-4-12-8/h1-4,11H,5-7H2. The highest BCUT2D eigenvalue weighted by molar-refractivity contribution is 5.10. The number of halogens is 1. The van der Waals surface area contributed by atoms with E-state index in [9.17, 15) is 4.39 Å². The molecule has 0 spiro atoms. The number of hydrogen-bond acceptors (Lipinski definition) is 2. The van der Waals surface area contributed by atoms with Gasteiger partial charge in [0.25, 0.3) is 0 Å². The number of alkyl halides is 1. The first-order chi connectivity index (χ1) is 5.79. The van der Waals surface area contributed by atoms with Crippen LogP contribution in [-0.4, -0.2) is 23.7 Å². The van der Waals surface area contributed by atoms with E-state index in [1.54, 1.807) is 6.20 Å². The number of aromatic nitrogens is 1. The lowest BCUT2D eigenvalue weighted by Crippen LogP contribution is -2.57. The lowest BCUT2D eigenvalue weighted by atomic mass is 9.93. The molecule has 0 saturated carbocycles. The van der Waals surface area contributed by atoms with Gasteiger partial charge in [0.1, 0.15) is 5.67 Å². The lowest BCUT2D eigenvalue weighted by Gasteiger charge is -2.34. The van der Waals surface area contributed by atoms with E-state index in [1.807, 2.05) is 18.2 Å². The second-order valence-corrected chi connectivity index (χ2v) is 3.25. The molecule has 0 radical (unpaired) electrons. The van der Waals surface area contributed by atoms with Crippen molar-refractivity contribution in [2.45, 2.75) is 12.1 Å². The Hall–Kier alpha value is -0.960. The number of nitrogens with one attached hydrogen (secondary N) is 1. The zero-order valence-electron chi connectivity index (χ0n) is 6.76. The summed E-state index contributed by atoms with van der Waals surface area (Å²) in [5.74, 6) is 0. The molecule has 0 atom stereocenters. The van der Waals surface area contributed by atoms with Gasteiger partial charge < -0.3 is 5.32 Å². The van der Waals surface area contributed by atoms with Gasteiger partial charge in [-0.05, 0) is 12.1 Å². The fraction of sp³-hybridized carbons (Fsp3) is 0.444. The summed E-state index contributed by atoms with van der Waals surface area (Å²) in [5.41, 5.74) is -0.213. The van der Waals surface area contributed by atoms with E-state index in [2.05, 4.69) is 10.3 Å². The molecule has 1 aliphatic rings. The molecule has 2 rings (SSSR count). The third-order valence-corrected chi connectivity index (χ3v) is 2.11. The Morgan fingerprint density at radius 3 is 2.83 bits per heavy atom. The van der Waals surface area contributed by atoms with Crippen LogP contribution in [0.5, 0.6) is 0 Å². The van der Waals surface area contributed by atoms with Crippen LogP contribution < -0.4 is 5.32 Å². The van der Waals surface area contributed by atoms with Crippen LogP contribution in [0.15, 0.2) is 24.4 Å². The summed E-state index contributed by atoms with van der Waals surface area (Å²) in [6.07, 6.45) is 2.13. The minimum Gasteiger partial charge on any atom is -0.310 e. The van der Waals surface area contributed by atoms with Crippen LogP contribution in [0.2, 0.25) is 0 Å². The Bertz CT molecular complexity index is 256. The zero-order chi connectivity index (χ0) is 8.44. The third-order valence-electron chi connectivity index (χ3n) is 2.11. The first-order valence-electron chi connectivity index (χ1n) is 4.08. The average Bonchev–Trinajstić information content (AvgIpc) is 2.04. The maximum Gasteiger partial charge on any atom is 0.141 e. The fourth-order valence-electron chi connectivity index (χ4n) is 1.35. The van der Waals surface area contributed by atoms with Gasteiger partial charge >= 0.3 is 0 Å². The molecule has 1 aliphatic heterocycles. The number of pyridine rings is 1. The first kappa shape index (κ1) is 7.68. The van der Waals surface area contributed by atoms with Crippen molar-refractivity contribution in [3.63, 3.8) is 0 Å². The monoisotopic (exact) mass is 166 g/mol. The van der Waals surface area contributed by atoms with E-state index >= 15 is 0 Å². The van der Waals surface area contributed by atoms with E-state index in [1.165, 1.54) is 0 Å². The molecule has 3 heteroatoms. The molecule has 0 amide bonds. The van der Waals surface area contributed by atoms with Crippen molar-refractivity contribution in [2.75, 3.05) is 13.1 Å². The van der Waals surface area contributed by atoms with Gasteiger partial charge in [-0.1, -0.05) is 6.07 Å². The molecule has 1 aromatic heterocycles. The highest BCUT2D eigenvalue weighted by Crippen LogP contribution is 2.20. The van der Waals surface area contributed by atoms with Crippen molar-refractivity contribution in [3.8, 4) is 0 Å². The van der Waals surface area contributed by atoms with Gasteiger partial charge in [0.2, 0.25) is 0 Å². The van der Waals surface area contributed by atoms with Gasteiger partial charge in [0, 0.05) is 31.4 Å². The van der Waals surface area contributed by atoms with Crippen LogP contribution in [0.1, 0.15) is 5.69 Å². The largest absolute Gasteiger partial charge is 0.310 e. The molecular formula is C9H11FN2. The second-order valence-electron chi connectivity index (χ2n) is 3.25. The molecule has 12 heavy (non-hydrogen) atoms. The second kappa shape index (κ2) is 2.83. The predicted molar refractivity (Wildman–Crippen MR) is 44.6 cm³/mol. The fourth-order valence-corrected chi connectivity index (χ4v) is 1.35. The SMILES string of the molecule is FC1(Cc2ccccn2)CNC1. The number of nitrogens with zero attached hydrogens (tertiary/aromatic N) is 1. The van der Waals surface area contributed by atoms with Crippen molar-refractivity contribution in [1.82, 2.24) is 10.3 Å². The van der Waals surface area contributed by atoms with Crippen molar-refractivity contribution < 1.29 is 4.39 Å². The molecule has 1 N–H and O–H groups in total. The van der Waals surface area contributed by atoms with Crippen LogP contribution >= 0.6 is 0 Å². The van der Waals surface area contributed by atoms with Crippen LogP contribution in [0.25, 0.3) is 0 Å². The van der Waals surface area contributed by atoms with Gasteiger partial charge in [-0.25, -0.2) is 4.39 Å². The molecular weight excluding hydrogens is 155 g/mol. The quantitative estimate of drug-likeness (QED) is 0.707. The maximum atomic E-state index is 13.5. The lowest BCUT2D eigenvalue weighted by molar-refractivity contribution is 0.0900. The molecule has 1 aromatic rings. The van der Waals surface area contributed by atoms with Crippen LogP contribution in [-0.2, 0) is 6.42 Å². The highest BCUT2D eigenvalue weighted by atomic mass is 19.1.